The number of nitrogens with zero attached hydrogens (tertiary/aromatic N) is 5. The van der Waals surface area contributed by atoms with Gasteiger partial charge in [-0.3, -0.25) is 4.98 Å². The maximum Gasteiger partial charge on any atom is 0.357 e. The van der Waals surface area contributed by atoms with Crippen molar-refractivity contribution in [2.24, 2.45) is 0 Å². The Hall–Kier alpha value is -4.59. The Bertz CT molecular complexity index is 1390. The number of hydrogen-bond acceptors (Lipinski definition) is 7. The number of furan rings is 1. The van der Waals surface area contributed by atoms with E-state index in [2.05, 4.69) is 20.5 Å². The van der Waals surface area contributed by atoms with E-state index < -0.39 is 5.97 Å². The molecule has 0 saturated carbocycles. The number of esters is 1. The summed E-state index contributed by atoms with van der Waals surface area (Å²) in [6, 6.07) is 22.4. The van der Waals surface area contributed by atoms with Crippen LogP contribution in [0.3, 0.4) is 0 Å². The number of ether oxygens (including phenoxy) is 1. The lowest BCUT2D eigenvalue weighted by Gasteiger charge is -2.11. The van der Waals surface area contributed by atoms with Crippen LogP contribution in [-0.2, 0) is 16.1 Å². The number of carbonyl (C=O) groups is 1. The minimum atomic E-state index is -0.598. The number of carbonyl (C=O) groups excluding carboxylic acids is 1. The van der Waals surface area contributed by atoms with Gasteiger partial charge in [0.2, 0.25) is 0 Å². The summed E-state index contributed by atoms with van der Waals surface area (Å²) in [6.45, 7) is 0.0471. The summed E-state index contributed by atoms with van der Waals surface area (Å²) in [5.41, 5.74) is 2.46. The summed E-state index contributed by atoms with van der Waals surface area (Å²) in [5, 5.41) is 12.9. The zero-order valence-corrected chi connectivity index (χ0v) is 16.8. The smallest absolute Gasteiger partial charge is 0.357 e. The first-order valence-corrected chi connectivity index (χ1v) is 9.89. The van der Waals surface area contributed by atoms with Gasteiger partial charge in [-0.15, -0.1) is 5.10 Å². The van der Waals surface area contributed by atoms with Crippen LogP contribution in [0.15, 0.2) is 89.7 Å². The molecule has 3 aromatic heterocycles. The van der Waals surface area contributed by atoms with E-state index in [4.69, 9.17) is 9.15 Å². The minimum absolute atomic E-state index is 0.0471. The molecule has 0 spiro atoms. The molecule has 0 atom stereocenters. The van der Waals surface area contributed by atoms with Crippen LogP contribution in [-0.4, -0.2) is 31.2 Å². The quantitative estimate of drug-likeness (QED) is 0.298. The molecule has 0 aliphatic heterocycles. The molecule has 8 heteroatoms. The SMILES string of the molecule is O=C(OCc1cccc2cccnc12)/C(=C/c1ccco1)n1nnnc1-c1ccccc1. The third-order valence-electron chi connectivity index (χ3n) is 4.84. The molecular formula is C24H17N5O3. The first kappa shape index (κ1) is 19.4. The molecule has 0 aliphatic rings. The summed E-state index contributed by atoms with van der Waals surface area (Å²) in [4.78, 5) is 17.6. The second kappa shape index (κ2) is 8.65. The Kier molecular flexibility index (Phi) is 5.24. The predicted octanol–water partition coefficient (Wildman–Crippen LogP) is 4.22. The van der Waals surface area contributed by atoms with Crippen molar-refractivity contribution < 1.29 is 13.9 Å². The molecule has 0 aliphatic carbocycles. The average Bonchev–Trinajstić information content (AvgIpc) is 3.54. The summed E-state index contributed by atoms with van der Waals surface area (Å²) in [5.74, 6) is 0.282. The number of aromatic nitrogens is 5. The maximum atomic E-state index is 13.2. The van der Waals surface area contributed by atoms with Gasteiger partial charge in [0.15, 0.2) is 11.5 Å². The van der Waals surface area contributed by atoms with Crippen LogP contribution >= 0.6 is 0 Å². The molecule has 5 rings (SSSR count). The Morgan fingerprint density at radius 2 is 1.88 bits per heavy atom. The van der Waals surface area contributed by atoms with Crippen LogP contribution in [0.25, 0.3) is 34.1 Å². The third-order valence-corrected chi connectivity index (χ3v) is 4.84. The van der Waals surface area contributed by atoms with Crippen LogP contribution in [0.5, 0.6) is 0 Å². The number of rotatable bonds is 6. The summed E-state index contributed by atoms with van der Waals surface area (Å²) in [7, 11) is 0. The summed E-state index contributed by atoms with van der Waals surface area (Å²) >= 11 is 0. The fraction of sp³-hybridized carbons (Fsp3) is 0.0417. The van der Waals surface area contributed by atoms with Gasteiger partial charge in [0.1, 0.15) is 12.4 Å². The minimum Gasteiger partial charge on any atom is -0.465 e. The number of pyridine rings is 1. The highest BCUT2D eigenvalue weighted by atomic mass is 16.5. The number of hydrogen-bond donors (Lipinski definition) is 0. The van der Waals surface area contributed by atoms with E-state index in [9.17, 15) is 4.79 Å². The van der Waals surface area contributed by atoms with Crippen LogP contribution < -0.4 is 0 Å². The predicted molar refractivity (Wildman–Crippen MR) is 118 cm³/mol. The second-order valence-corrected chi connectivity index (χ2v) is 6.89. The number of para-hydroxylation sites is 1. The molecule has 32 heavy (non-hydrogen) atoms. The van der Waals surface area contributed by atoms with E-state index >= 15 is 0 Å². The van der Waals surface area contributed by atoms with Crippen molar-refractivity contribution in [3.05, 3.63) is 96.6 Å². The van der Waals surface area contributed by atoms with Gasteiger partial charge in [-0.2, -0.15) is 4.68 Å². The van der Waals surface area contributed by atoms with E-state index in [0.717, 1.165) is 22.0 Å². The highest BCUT2D eigenvalue weighted by Gasteiger charge is 2.21. The lowest BCUT2D eigenvalue weighted by Crippen LogP contribution is -2.15. The van der Waals surface area contributed by atoms with Crippen LogP contribution in [0.2, 0.25) is 0 Å². The molecule has 0 fully saturated rings. The summed E-state index contributed by atoms with van der Waals surface area (Å²) in [6.07, 6.45) is 4.78. The molecule has 5 aromatic rings. The Labute approximate surface area is 182 Å². The van der Waals surface area contributed by atoms with Crippen molar-refractivity contribution in [3.8, 4) is 11.4 Å². The third kappa shape index (κ3) is 3.89. The molecule has 0 saturated heterocycles. The van der Waals surface area contributed by atoms with Gasteiger partial charge in [-0.05, 0) is 28.6 Å². The van der Waals surface area contributed by atoms with E-state index in [-0.39, 0.29) is 12.3 Å². The zero-order chi connectivity index (χ0) is 21.8. The van der Waals surface area contributed by atoms with Crippen LogP contribution in [0.4, 0.5) is 0 Å². The fourth-order valence-corrected chi connectivity index (χ4v) is 3.33. The lowest BCUT2D eigenvalue weighted by atomic mass is 10.1. The first-order valence-electron chi connectivity index (χ1n) is 9.89. The first-order chi connectivity index (χ1) is 15.8. The van der Waals surface area contributed by atoms with Gasteiger partial charge in [0.25, 0.3) is 0 Å². The van der Waals surface area contributed by atoms with Crippen molar-refractivity contribution in [2.75, 3.05) is 0 Å². The van der Waals surface area contributed by atoms with Crippen LogP contribution in [0.1, 0.15) is 11.3 Å². The molecule has 8 nitrogen and oxygen atoms in total. The van der Waals surface area contributed by atoms with Crippen molar-refractivity contribution in [3.63, 3.8) is 0 Å². The Morgan fingerprint density at radius 1 is 1.00 bits per heavy atom. The molecule has 0 amide bonds. The van der Waals surface area contributed by atoms with Crippen LogP contribution in [0, 0.1) is 0 Å². The maximum absolute atomic E-state index is 13.2. The van der Waals surface area contributed by atoms with Crippen molar-refractivity contribution in [1.82, 2.24) is 25.2 Å². The Morgan fingerprint density at radius 3 is 2.72 bits per heavy atom. The van der Waals surface area contributed by atoms with E-state index in [1.165, 1.54) is 10.9 Å². The average molecular weight is 423 g/mol. The van der Waals surface area contributed by atoms with Gasteiger partial charge >= 0.3 is 5.97 Å². The molecule has 0 unspecified atom stereocenters. The van der Waals surface area contributed by atoms with Gasteiger partial charge in [0, 0.05) is 28.8 Å². The lowest BCUT2D eigenvalue weighted by molar-refractivity contribution is -0.138. The molecule has 0 N–H and O–H groups in total. The molecule has 0 bridgehead atoms. The van der Waals surface area contributed by atoms with E-state index in [1.807, 2.05) is 60.7 Å². The van der Waals surface area contributed by atoms with Gasteiger partial charge in [-0.25, -0.2) is 4.79 Å². The monoisotopic (exact) mass is 423 g/mol. The largest absolute Gasteiger partial charge is 0.465 e. The molecule has 0 radical (unpaired) electrons. The molecule has 156 valence electrons. The van der Waals surface area contributed by atoms with Gasteiger partial charge in [0.05, 0.1) is 11.8 Å². The number of fused-ring (bicyclic) bond motifs is 1. The number of benzene rings is 2. The van der Waals surface area contributed by atoms with E-state index in [1.54, 1.807) is 24.4 Å². The molecule has 2 aromatic carbocycles. The van der Waals surface area contributed by atoms with Crippen molar-refractivity contribution in [2.45, 2.75) is 6.61 Å². The highest BCUT2D eigenvalue weighted by molar-refractivity contribution is 6.15. The molecular weight excluding hydrogens is 406 g/mol. The fourth-order valence-electron chi connectivity index (χ4n) is 3.33. The van der Waals surface area contributed by atoms with Crippen molar-refractivity contribution >= 4 is 28.6 Å². The van der Waals surface area contributed by atoms with Gasteiger partial charge < -0.3 is 9.15 Å². The zero-order valence-electron chi connectivity index (χ0n) is 16.8. The van der Waals surface area contributed by atoms with Crippen molar-refractivity contribution in [1.29, 1.82) is 0 Å². The topological polar surface area (TPSA) is 95.9 Å². The Balaban J connectivity index is 1.49. The van der Waals surface area contributed by atoms with E-state index in [0.29, 0.717) is 11.6 Å². The normalized spacial score (nSPS) is 11.6. The number of tetrazole rings is 1. The summed E-state index contributed by atoms with van der Waals surface area (Å²) < 4.78 is 12.4. The van der Waals surface area contributed by atoms with Gasteiger partial charge in [-0.1, -0.05) is 54.6 Å². The standard InChI is InChI=1S/C24H17N5O3/c30-24(32-16-19-10-4-9-17-11-5-13-25-22(17)19)21(15-20-12-6-14-31-20)29-23(26-27-28-29)18-7-2-1-3-8-18/h1-15H,16H2/b21-15-. The highest BCUT2D eigenvalue weighted by Crippen LogP contribution is 2.23. The molecule has 3 heterocycles. The second-order valence-electron chi connectivity index (χ2n) is 6.89.